The summed E-state index contributed by atoms with van der Waals surface area (Å²) in [6.45, 7) is 7.17. The highest BCUT2D eigenvalue weighted by molar-refractivity contribution is 7.89. The van der Waals surface area contributed by atoms with Crippen molar-refractivity contribution in [2.45, 2.75) is 50.5 Å². The number of benzene rings is 2. The van der Waals surface area contributed by atoms with Crippen LogP contribution in [0.25, 0.3) is 0 Å². The van der Waals surface area contributed by atoms with Crippen LogP contribution >= 0.6 is 0 Å². The Kier molecular flexibility index (Phi) is 6.83. The van der Waals surface area contributed by atoms with Gasteiger partial charge in [0.15, 0.2) is 0 Å². The summed E-state index contributed by atoms with van der Waals surface area (Å²) in [6.07, 6.45) is 1.68. The van der Waals surface area contributed by atoms with Gasteiger partial charge in [0, 0.05) is 18.7 Å². The van der Waals surface area contributed by atoms with Gasteiger partial charge >= 0.3 is 0 Å². The van der Waals surface area contributed by atoms with Crippen LogP contribution < -0.4 is 10.1 Å². The molecule has 0 saturated carbocycles. The molecule has 1 saturated heterocycles. The Balaban J connectivity index is 1.82. The molecule has 1 amide bonds. The van der Waals surface area contributed by atoms with E-state index in [1.165, 1.54) is 23.0 Å². The monoisotopic (exact) mass is 430 g/mol. The van der Waals surface area contributed by atoms with Gasteiger partial charge in [0.2, 0.25) is 10.0 Å². The zero-order valence-electron chi connectivity index (χ0n) is 18.0. The summed E-state index contributed by atoms with van der Waals surface area (Å²) in [7, 11) is -2.27. The molecule has 1 atom stereocenters. The molecule has 0 aromatic heterocycles. The van der Waals surface area contributed by atoms with Crippen LogP contribution in [0.15, 0.2) is 47.4 Å². The molecule has 1 fully saturated rings. The number of rotatable bonds is 7. The van der Waals surface area contributed by atoms with E-state index < -0.39 is 10.0 Å². The summed E-state index contributed by atoms with van der Waals surface area (Å²) in [5, 5.41) is 2.96. The molecule has 2 aromatic rings. The minimum Gasteiger partial charge on any atom is -0.495 e. The highest BCUT2D eigenvalue weighted by Crippen LogP contribution is 2.30. The largest absolute Gasteiger partial charge is 0.495 e. The van der Waals surface area contributed by atoms with Gasteiger partial charge < -0.3 is 10.1 Å². The first kappa shape index (κ1) is 22.3. The number of hydrogen-bond donors (Lipinski definition) is 1. The van der Waals surface area contributed by atoms with Crippen molar-refractivity contribution < 1.29 is 17.9 Å². The fourth-order valence-electron chi connectivity index (χ4n) is 3.62. The number of nitrogens with zero attached hydrogens (tertiary/aromatic N) is 1. The Morgan fingerprint density at radius 3 is 2.17 bits per heavy atom. The molecule has 1 N–H and O–H groups in total. The first-order chi connectivity index (χ1) is 14.2. The molecule has 1 aliphatic heterocycles. The molecular formula is C23H30N2O4S. The van der Waals surface area contributed by atoms with Gasteiger partial charge in [-0.3, -0.25) is 4.79 Å². The molecule has 1 unspecified atom stereocenters. The Morgan fingerprint density at radius 2 is 1.60 bits per heavy atom. The van der Waals surface area contributed by atoms with Gasteiger partial charge in [-0.2, -0.15) is 4.31 Å². The van der Waals surface area contributed by atoms with Crippen molar-refractivity contribution in [1.29, 1.82) is 0 Å². The first-order valence-electron chi connectivity index (χ1n) is 10.3. The van der Waals surface area contributed by atoms with Crippen molar-refractivity contribution >= 4 is 15.9 Å². The average Bonchev–Trinajstić information content (AvgIpc) is 3.29. The van der Waals surface area contributed by atoms with Crippen molar-refractivity contribution in [1.82, 2.24) is 9.62 Å². The maximum Gasteiger partial charge on any atom is 0.251 e. The zero-order chi connectivity index (χ0) is 21.9. The molecule has 3 rings (SSSR count). The molecule has 0 radical (unpaired) electrons. The lowest BCUT2D eigenvalue weighted by Crippen LogP contribution is -2.29. The molecular weight excluding hydrogens is 400 g/mol. The van der Waals surface area contributed by atoms with E-state index in [1.54, 1.807) is 12.1 Å². The lowest BCUT2D eigenvalue weighted by atomic mass is 9.99. The Bertz CT molecular complexity index is 994. The number of amides is 1. The minimum atomic E-state index is -3.70. The number of nitrogens with one attached hydrogen (secondary N) is 1. The van der Waals surface area contributed by atoms with Crippen LogP contribution in [0.5, 0.6) is 5.75 Å². The molecule has 7 heteroatoms. The average molecular weight is 431 g/mol. The predicted octanol–water partition coefficient (Wildman–Crippen LogP) is 4.09. The van der Waals surface area contributed by atoms with E-state index in [9.17, 15) is 13.2 Å². The molecule has 0 bridgehead atoms. The number of methoxy groups -OCH3 is 1. The summed E-state index contributed by atoms with van der Waals surface area (Å²) in [5.41, 5.74) is 2.52. The van der Waals surface area contributed by atoms with Crippen LogP contribution in [0, 0.1) is 0 Å². The molecule has 0 aliphatic carbocycles. The van der Waals surface area contributed by atoms with E-state index in [1.807, 2.05) is 19.1 Å². The van der Waals surface area contributed by atoms with Crippen LogP contribution in [0.3, 0.4) is 0 Å². The number of hydrogen-bond acceptors (Lipinski definition) is 4. The van der Waals surface area contributed by atoms with E-state index in [2.05, 4.69) is 31.3 Å². The van der Waals surface area contributed by atoms with Gasteiger partial charge in [0.25, 0.3) is 5.91 Å². The molecule has 30 heavy (non-hydrogen) atoms. The second-order valence-electron chi connectivity index (χ2n) is 7.99. The summed E-state index contributed by atoms with van der Waals surface area (Å²) >= 11 is 0. The van der Waals surface area contributed by atoms with Crippen LogP contribution in [0.4, 0.5) is 0 Å². The molecule has 1 heterocycles. The van der Waals surface area contributed by atoms with Crippen LogP contribution in [0.1, 0.15) is 67.1 Å². The summed E-state index contributed by atoms with van der Waals surface area (Å²) in [4.78, 5) is 12.9. The second-order valence-corrected chi connectivity index (χ2v) is 9.90. The highest BCUT2D eigenvalue weighted by Gasteiger charge is 2.30. The standard InChI is InChI=1S/C23H30N2O4S/c1-16(2)18-7-9-19(10-8-18)17(3)24-23(26)20-11-12-21(29-4)22(15-20)30(27,28)25-13-5-6-14-25/h7-12,15-17H,5-6,13-14H2,1-4H3,(H,24,26). The summed E-state index contributed by atoms with van der Waals surface area (Å²) in [5.74, 6) is 0.367. The Labute approximate surface area is 179 Å². The van der Waals surface area contributed by atoms with Crippen molar-refractivity contribution in [3.63, 3.8) is 0 Å². The fourth-order valence-corrected chi connectivity index (χ4v) is 5.32. The van der Waals surface area contributed by atoms with Gasteiger partial charge in [0.05, 0.1) is 13.2 Å². The van der Waals surface area contributed by atoms with Gasteiger partial charge in [-0.25, -0.2) is 8.42 Å². The van der Waals surface area contributed by atoms with Crippen LogP contribution in [-0.2, 0) is 10.0 Å². The van der Waals surface area contributed by atoms with Crippen molar-refractivity contribution in [2.24, 2.45) is 0 Å². The normalized spacial score (nSPS) is 15.9. The van der Waals surface area contributed by atoms with Crippen LogP contribution in [0.2, 0.25) is 0 Å². The molecule has 1 aliphatic rings. The SMILES string of the molecule is COc1ccc(C(=O)NC(C)c2ccc(C(C)C)cc2)cc1S(=O)(=O)N1CCCC1. The highest BCUT2D eigenvalue weighted by atomic mass is 32.2. The third-order valence-electron chi connectivity index (χ3n) is 5.56. The third-order valence-corrected chi connectivity index (χ3v) is 7.48. The van der Waals surface area contributed by atoms with E-state index in [0.717, 1.165) is 18.4 Å². The topological polar surface area (TPSA) is 75.7 Å². The quantitative estimate of drug-likeness (QED) is 0.718. The Hall–Kier alpha value is -2.38. The summed E-state index contributed by atoms with van der Waals surface area (Å²) < 4.78 is 32.8. The lowest BCUT2D eigenvalue weighted by Gasteiger charge is -2.19. The van der Waals surface area contributed by atoms with Gasteiger partial charge in [-0.15, -0.1) is 0 Å². The van der Waals surface area contributed by atoms with Crippen molar-refractivity contribution in [3.05, 3.63) is 59.2 Å². The predicted molar refractivity (Wildman–Crippen MR) is 117 cm³/mol. The van der Waals surface area contributed by atoms with Crippen molar-refractivity contribution in [3.8, 4) is 5.75 Å². The maximum absolute atomic E-state index is 13.0. The maximum atomic E-state index is 13.0. The lowest BCUT2D eigenvalue weighted by molar-refractivity contribution is 0.0939. The van der Waals surface area contributed by atoms with E-state index in [0.29, 0.717) is 24.6 Å². The van der Waals surface area contributed by atoms with Gasteiger partial charge in [-0.05, 0) is 55.0 Å². The number of carbonyl (C=O) groups is 1. The molecule has 6 nitrogen and oxygen atoms in total. The second kappa shape index (κ2) is 9.18. The van der Waals surface area contributed by atoms with E-state index in [4.69, 9.17) is 4.74 Å². The smallest absolute Gasteiger partial charge is 0.251 e. The van der Waals surface area contributed by atoms with E-state index >= 15 is 0 Å². The van der Waals surface area contributed by atoms with Gasteiger partial charge in [0.1, 0.15) is 10.6 Å². The van der Waals surface area contributed by atoms with Crippen LogP contribution in [-0.4, -0.2) is 38.8 Å². The third kappa shape index (κ3) is 4.68. The fraction of sp³-hybridized carbons (Fsp3) is 0.435. The number of ether oxygens (including phenoxy) is 1. The number of carbonyl (C=O) groups excluding carboxylic acids is 1. The van der Waals surface area contributed by atoms with Crippen molar-refractivity contribution in [2.75, 3.05) is 20.2 Å². The zero-order valence-corrected chi connectivity index (χ0v) is 18.8. The number of sulfonamides is 1. The first-order valence-corrected chi connectivity index (χ1v) is 11.8. The van der Waals surface area contributed by atoms with Gasteiger partial charge in [-0.1, -0.05) is 38.1 Å². The molecule has 0 spiro atoms. The molecule has 162 valence electrons. The Morgan fingerprint density at radius 1 is 1.00 bits per heavy atom. The molecule has 2 aromatic carbocycles. The summed E-state index contributed by atoms with van der Waals surface area (Å²) in [6, 6.07) is 12.5. The van der Waals surface area contributed by atoms with E-state index in [-0.39, 0.29) is 22.6 Å². The minimum absolute atomic E-state index is 0.0356.